The van der Waals surface area contributed by atoms with Gasteiger partial charge in [-0.1, -0.05) is 0 Å². The van der Waals surface area contributed by atoms with Crippen LogP contribution in [0.2, 0.25) is 0 Å². The number of benzene rings is 1. The van der Waals surface area contributed by atoms with Crippen molar-refractivity contribution in [2.75, 3.05) is 25.6 Å². The van der Waals surface area contributed by atoms with Gasteiger partial charge in [-0.15, -0.1) is 0 Å². The number of methoxy groups -OCH3 is 1. The average molecular weight is 297 g/mol. The fourth-order valence-electron chi connectivity index (χ4n) is 2.57. The number of nitrogens with one attached hydrogen (secondary N) is 2. The molecule has 112 valence electrons. The molecule has 0 unspecified atom stereocenters. The number of anilines is 2. The van der Waals surface area contributed by atoms with Gasteiger partial charge in [0.15, 0.2) is 11.5 Å². The van der Waals surface area contributed by atoms with Gasteiger partial charge in [0.2, 0.25) is 5.75 Å². The summed E-state index contributed by atoms with van der Waals surface area (Å²) in [6.45, 7) is 1.07. The van der Waals surface area contributed by atoms with Gasteiger partial charge in [-0.3, -0.25) is 0 Å². The molecular formula is C16H15N3O3. The fourth-order valence-corrected chi connectivity index (χ4v) is 2.57. The Kier molecular flexibility index (Phi) is 3.00. The first-order valence-corrected chi connectivity index (χ1v) is 7.02. The van der Waals surface area contributed by atoms with Crippen molar-refractivity contribution < 1.29 is 14.2 Å². The maximum Gasteiger partial charge on any atom is 0.203 e. The molecule has 0 spiro atoms. The van der Waals surface area contributed by atoms with Gasteiger partial charge in [0.25, 0.3) is 0 Å². The summed E-state index contributed by atoms with van der Waals surface area (Å²) in [6.07, 6.45) is 3.63. The van der Waals surface area contributed by atoms with Crippen LogP contribution in [0.25, 0.3) is 11.0 Å². The first kappa shape index (κ1) is 12.8. The van der Waals surface area contributed by atoms with Crippen LogP contribution >= 0.6 is 0 Å². The number of pyridine rings is 1. The molecule has 4 rings (SSSR count). The summed E-state index contributed by atoms with van der Waals surface area (Å²) in [5.41, 5.74) is 2.68. The van der Waals surface area contributed by atoms with E-state index in [2.05, 4.69) is 15.3 Å². The molecule has 6 heteroatoms. The molecule has 0 aliphatic carbocycles. The highest BCUT2D eigenvalue weighted by atomic mass is 16.6. The van der Waals surface area contributed by atoms with Crippen molar-refractivity contribution in [3.05, 3.63) is 36.7 Å². The number of fused-ring (bicyclic) bond motifs is 2. The standard InChI is InChI=1S/C16H15N3O3/c1-20-13-8-10(9-14-15(13)22-7-6-21-14)19-12-3-5-18-16-11(12)2-4-17-16/h2-5,8-9H,6-7H2,1H3,(H2,17,18,19). The number of aromatic nitrogens is 2. The van der Waals surface area contributed by atoms with Gasteiger partial charge in [-0.2, -0.15) is 0 Å². The second kappa shape index (κ2) is 5.14. The van der Waals surface area contributed by atoms with Crippen LogP contribution in [0.5, 0.6) is 17.2 Å². The second-order valence-corrected chi connectivity index (χ2v) is 4.93. The Morgan fingerprint density at radius 3 is 3.05 bits per heavy atom. The van der Waals surface area contributed by atoms with Crippen LogP contribution in [-0.2, 0) is 0 Å². The Bertz CT molecular complexity index is 811. The summed E-state index contributed by atoms with van der Waals surface area (Å²) in [6, 6.07) is 7.72. The number of hydrogen-bond acceptors (Lipinski definition) is 5. The number of rotatable bonds is 3. The molecule has 3 aromatic rings. The zero-order chi connectivity index (χ0) is 14.9. The fraction of sp³-hybridized carbons (Fsp3) is 0.188. The first-order valence-electron chi connectivity index (χ1n) is 7.02. The minimum Gasteiger partial charge on any atom is -0.493 e. The monoisotopic (exact) mass is 297 g/mol. The summed E-state index contributed by atoms with van der Waals surface area (Å²) in [5.74, 6) is 1.99. The molecule has 6 nitrogen and oxygen atoms in total. The summed E-state index contributed by atoms with van der Waals surface area (Å²) in [7, 11) is 1.62. The lowest BCUT2D eigenvalue weighted by Crippen LogP contribution is -2.16. The minimum absolute atomic E-state index is 0.532. The lowest BCUT2D eigenvalue weighted by atomic mass is 10.2. The van der Waals surface area contributed by atoms with E-state index in [1.54, 1.807) is 13.3 Å². The highest BCUT2D eigenvalue weighted by molar-refractivity contribution is 5.91. The molecule has 3 heterocycles. The Labute approximate surface area is 127 Å². The molecule has 0 amide bonds. The Morgan fingerprint density at radius 1 is 1.23 bits per heavy atom. The van der Waals surface area contributed by atoms with Gasteiger partial charge in [0.1, 0.15) is 18.9 Å². The van der Waals surface area contributed by atoms with E-state index in [9.17, 15) is 0 Å². The predicted octanol–water partition coefficient (Wildman–Crippen LogP) is 3.09. The van der Waals surface area contributed by atoms with E-state index in [4.69, 9.17) is 14.2 Å². The highest BCUT2D eigenvalue weighted by Crippen LogP contribution is 2.42. The number of nitrogens with zero attached hydrogens (tertiary/aromatic N) is 1. The van der Waals surface area contributed by atoms with Gasteiger partial charge in [0.05, 0.1) is 12.8 Å². The number of aromatic amines is 1. The maximum absolute atomic E-state index is 5.65. The Morgan fingerprint density at radius 2 is 2.14 bits per heavy atom. The molecule has 0 radical (unpaired) electrons. The van der Waals surface area contributed by atoms with Crippen LogP contribution in [0, 0.1) is 0 Å². The van der Waals surface area contributed by atoms with Gasteiger partial charge < -0.3 is 24.5 Å². The van der Waals surface area contributed by atoms with E-state index in [0.717, 1.165) is 22.4 Å². The molecule has 1 aliphatic rings. The molecule has 0 atom stereocenters. The van der Waals surface area contributed by atoms with Crippen molar-refractivity contribution in [3.63, 3.8) is 0 Å². The van der Waals surface area contributed by atoms with E-state index in [-0.39, 0.29) is 0 Å². The lowest BCUT2D eigenvalue weighted by molar-refractivity contribution is 0.165. The predicted molar refractivity (Wildman–Crippen MR) is 83.4 cm³/mol. The van der Waals surface area contributed by atoms with E-state index >= 15 is 0 Å². The molecule has 0 saturated carbocycles. The molecule has 0 saturated heterocycles. The molecule has 0 bridgehead atoms. The normalized spacial score (nSPS) is 13.1. The van der Waals surface area contributed by atoms with E-state index in [1.807, 2.05) is 30.5 Å². The number of ether oxygens (including phenoxy) is 3. The Hall–Kier alpha value is -2.89. The largest absolute Gasteiger partial charge is 0.493 e. The molecular weight excluding hydrogens is 282 g/mol. The van der Waals surface area contributed by atoms with Crippen LogP contribution in [0.1, 0.15) is 0 Å². The van der Waals surface area contributed by atoms with Crippen molar-refractivity contribution >= 4 is 22.4 Å². The van der Waals surface area contributed by atoms with Crippen LogP contribution in [0.3, 0.4) is 0 Å². The minimum atomic E-state index is 0.532. The highest BCUT2D eigenvalue weighted by Gasteiger charge is 2.18. The molecule has 2 N–H and O–H groups in total. The van der Waals surface area contributed by atoms with Gasteiger partial charge in [-0.05, 0) is 12.1 Å². The lowest BCUT2D eigenvalue weighted by Gasteiger charge is -2.21. The van der Waals surface area contributed by atoms with Crippen LogP contribution in [0.15, 0.2) is 36.7 Å². The van der Waals surface area contributed by atoms with Crippen molar-refractivity contribution in [2.24, 2.45) is 0 Å². The number of hydrogen-bond donors (Lipinski definition) is 2. The van der Waals surface area contributed by atoms with Crippen LogP contribution in [-0.4, -0.2) is 30.3 Å². The van der Waals surface area contributed by atoms with E-state index < -0.39 is 0 Å². The quantitative estimate of drug-likeness (QED) is 0.777. The molecule has 1 aliphatic heterocycles. The first-order chi connectivity index (χ1) is 10.8. The molecule has 22 heavy (non-hydrogen) atoms. The molecule has 1 aromatic carbocycles. The third kappa shape index (κ3) is 2.09. The van der Waals surface area contributed by atoms with Crippen molar-refractivity contribution in [3.8, 4) is 17.2 Å². The van der Waals surface area contributed by atoms with E-state index in [1.165, 1.54) is 0 Å². The van der Waals surface area contributed by atoms with Crippen LogP contribution < -0.4 is 19.5 Å². The van der Waals surface area contributed by atoms with Gasteiger partial charge >= 0.3 is 0 Å². The molecule has 0 fully saturated rings. The SMILES string of the molecule is COc1cc(Nc2ccnc3[nH]ccc23)cc2c1OCCO2. The summed E-state index contributed by atoms with van der Waals surface area (Å²) >= 11 is 0. The topological polar surface area (TPSA) is 68.4 Å². The summed E-state index contributed by atoms with van der Waals surface area (Å²) in [5, 5.41) is 4.41. The third-order valence-electron chi connectivity index (χ3n) is 3.57. The van der Waals surface area contributed by atoms with Crippen LogP contribution in [0.4, 0.5) is 11.4 Å². The van der Waals surface area contributed by atoms with Crippen molar-refractivity contribution in [1.82, 2.24) is 9.97 Å². The smallest absolute Gasteiger partial charge is 0.203 e. The Balaban J connectivity index is 1.75. The van der Waals surface area contributed by atoms with Crippen molar-refractivity contribution in [1.29, 1.82) is 0 Å². The summed E-state index contributed by atoms with van der Waals surface area (Å²) in [4.78, 5) is 7.38. The summed E-state index contributed by atoms with van der Waals surface area (Å²) < 4.78 is 16.7. The zero-order valence-corrected chi connectivity index (χ0v) is 12.1. The third-order valence-corrected chi connectivity index (χ3v) is 3.57. The van der Waals surface area contributed by atoms with Crippen molar-refractivity contribution in [2.45, 2.75) is 0 Å². The second-order valence-electron chi connectivity index (χ2n) is 4.93. The average Bonchev–Trinajstić information content (AvgIpc) is 3.04. The van der Waals surface area contributed by atoms with E-state index in [0.29, 0.717) is 30.5 Å². The van der Waals surface area contributed by atoms with Gasteiger partial charge in [-0.25, -0.2) is 4.98 Å². The maximum atomic E-state index is 5.65. The zero-order valence-electron chi connectivity index (χ0n) is 12.1. The number of H-pyrrole nitrogens is 1. The van der Waals surface area contributed by atoms with Gasteiger partial charge in [0, 0.05) is 35.6 Å². The molecule has 2 aromatic heterocycles.